The Bertz CT molecular complexity index is 1410. The molecule has 0 aliphatic carbocycles. The van der Waals surface area contributed by atoms with Crippen LogP contribution in [0.4, 0.5) is 0 Å². The summed E-state index contributed by atoms with van der Waals surface area (Å²) >= 11 is 0. The third-order valence-corrected chi connectivity index (χ3v) is 7.74. The highest BCUT2D eigenvalue weighted by Gasteiger charge is 2.30. The van der Waals surface area contributed by atoms with Gasteiger partial charge in [0.15, 0.2) is 0 Å². The molecule has 4 aromatic rings. The molecule has 5 heteroatoms. The predicted molar refractivity (Wildman–Crippen MR) is 159 cm³/mol. The normalized spacial score (nSPS) is 17.2. The molecule has 38 heavy (non-hydrogen) atoms. The molecule has 0 spiro atoms. The molecule has 5 rings (SSSR count). The van der Waals surface area contributed by atoms with Gasteiger partial charge in [0.2, 0.25) is 0 Å². The van der Waals surface area contributed by atoms with E-state index in [4.69, 9.17) is 4.74 Å². The molecule has 198 valence electrons. The average molecular weight is 529 g/mol. The van der Waals surface area contributed by atoms with E-state index in [2.05, 4.69) is 91.1 Å². The van der Waals surface area contributed by atoms with Crippen molar-refractivity contribution in [3.8, 4) is 5.75 Å². The zero-order valence-corrected chi connectivity index (χ0v) is 23.4. The van der Waals surface area contributed by atoms with Crippen LogP contribution >= 0.6 is 12.4 Å². The number of nitrogens with one attached hydrogen (secondary N) is 1. The lowest BCUT2D eigenvalue weighted by atomic mass is 9.83. The summed E-state index contributed by atoms with van der Waals surface area (Å²) in [6, 6.07) is 29.9. The van der Waals surface area contributed by atoms with Gasteiger partial charge < -0.3 is 15.0 Å². The van der Waals surface area contributed by atoms with Crippen LogP contribution in [-0.2, 0) is 0 Å². The standard InChI is InChI=1S/C33H36N2O2.ClH/c1-5-35(4)33(36)30-19-25(18-17-22(30)2)31-20-26(37-32-16-9-8-14-29(31)32)21-34-23(3)27-15-10-12-24-11-6-7-13-28(24)27;/h6-19,23,26,31,34H,5,20-21H2,1-4H3;1H/t23?,26-,31+;/m1./s1. The number of fused-ring (bicyclic) bond motifs is 2. The lowest BCUT2D eigenvalue weighted by molar-refractivity contribution is 0.0801. The van der Waals surface area contributed by atoms with Crippen LogP contribution in [0.25, 0.3) is 10.8 Å². The smallest absolute Gasteiger partial charge is 0.253 e. The van der Waals surface area contributed by atoms with E-state index in [0.717, 1.165) is 29.8 Å². The van der Waals surface area contributed by atoms with Crippen LogP contribution in [0.1, 0.15) is 64.8 Å². The van der Waals surface area contributed by atoms with Crippen LogP contribution in [0.15, 0.2) is 84.9 Å². The molecule has 3 atom stereocenters. The number of carbonyl (C=O) groups excluding carboxylic acids is 1. The van der Waals surface area contributed by atoms with E-state index < -0.39 is 0 Å². The van der Waals surface area contributed by atoms with Gasteiger partial charge in [-0.3, -0.25) is 4.79 Å². The number of rotatable bonds is 7. The number of nitrogens with zero attached hydrogens (tertiary/aromatic N) is 1. The van der Waals surface area contributed by atoms with E-state index in [-0.39, 0.29) is 36.4 Å². The number of amides is 1. The van der Waals surface area contributed by atoms with Gasteiger partial charge in [-0.25, -0.2) is 0 Å². The first-order valence-corrected chi connectivity index (χ1v) is 13.3. The van der Waals surface area contributed by atoms with Crippen molar-refractivity contribution in [2.75, 3.05) is 20.1 Å². The number of para-hydroxylation sites is 1. The van der Waals surface area contributed by atoms with Gasteiger partial charge in [0.05, 0.1) is 0 Å². The number of ether oxygens (including phenoxy) is 1. The summed E-state index contributed by atoms with van der Waals surface area (Å²) < 4.78 is 6.48. The molecule has 0 radical (unpaired) electrons. The Kier molecular flexibility index (Phi) is 8.76. The molecule has 4 nitrogen and oxygen atoms in total. The van der Waals surface area contributed by atoms with Crippen LogP contribution in [-0.4, -0.2) is 37.0 Å². The number of aryl methyl sites for hydroxylation is 1. The highest BCUT2D eigenvalue weighted by atomic mass is 35.5. The summed E-state index contributed by atoms with van der Waals surface area (Å²) in [7, 11) is 1.86. The Labute approximate surface area is 232 Å². The first kappa shape index (κ1) is 27.7. The molecular weight excluding hydrogens is 492 g/mol. The Balaban J connectivity index is 0.00000336. The van der Waals surface area contributed by atoms with Gasteiger partial charge in [-0.2, -0.15) is 0 Å². The van der Waals surface area contributed by atoms with Crippen molar-refractivity contribution in [1.29, 1.82) is 0 Å². The maximum atomic E-state index is 13.0. The van der Waals surface area contributed by atoms with E-state index in [1.807, 2.05) is 27.0 Å². The summed E-state index contributed by atoms with van der Waals surface area (Å²) in [5.74, 6) is 1.18. The molecular formula is C33H37ClN2O2. The number of halogens is 1. The van der Waals surface area contributed by atoms with Gasteiger partial charge in [-0.15, -0.1) is 12.4 Å². The fraction of sp³-hybridized carbons (Fsp3) is 0.303. The average Bonchev–Trinajstić information content (AvgIpc) is 2.94. The maximum absolute atomic E-state index is 13.0. The summed E-state index contributed by atoms with van der Waals surface area (Å²) in [4.78, 5) is 14.8. The van der Waals surface area contributed by atoms with Crippen molar-refractivity contribution in [3.05, 3.63) is 113 Å². The summed E-state index contributed by atoms with van der Waals surface area (Å²) in [5, 5.41) is 6.28. The van der Waals surface area contributed by atoms with Crippen LogP contribution in [0.3, 0.4) is 0 Å². The van der Waals surface area contributed by atoms with Crippen molar-refractivity contribution in [2.24, 2.45) is 0 Å². The minimum atomic E-state index is 0. The molecule has 0 saturated carbocycles. The second-order valence-corrected chi connectivity index (χ2v) is 10.2. The van der Waals surface area contributed by atoms with Gasteiger partial charge >= 0.3 is 0 Å². The molecule has 1 aliphatic heterocycles. The molecule has 0 aromatic heterocycles. The van der Waals surface area contributed by atoms with E-state index in [0.29, 0.717) is 6.54 Å². The van der Waals surface area contributed by atoms with Crippen LogP contribution < -0.4 is 10.1 Å². The van der Waals surface area contributed by atoms with Crippen molar-refractivity contribution in [1.82, 2.24) is 10.2 Å². The summed E-state index contributed by atoms with van der Waals surface area (Å²) in [5.41, 5.74) is 5.45. The quantitative estimate of drug-likeness (QED) is 0.274. The topological polar surface area (TPSA) is 41.6 Å². The number of hydrogen-bond donors (Lipinski definition) is 1. The zero-order valence-electron chi connectivity index (χ0n) is 22.6. The lowest BCUT2D eigenvalue weighted by Gasteiger charge is -2.34. The van der Waals surface area contributed by atoms with E-state index in [1.54, 1.807) is 4.90 Å². The molecule has 1 N–H and O–H groups in total. The van der Waals surface area contributed by atoms with Crippen LogP contribution in [0.2, 0.25) is 0 Å². The molecule has 1 heterocycles. The van der Waals surface area contributed by atoms with Crippen molar-refractivity contribution < 1.29 is 9.53 Å². The van der Waals surface area contributed by atoms with Gasteiger partial charge in [0.25, 0.3) is 5.91 Å². The third-order valence-electron chi connectivity index (χ3n) is 7.74. The number of carbonyl (C=O) groups is 1. The Morgan fingerprint density at radius 2 is 1.76 bits per heavy atom. The van der Waals surface area contributed by atoms with E-state index in [9.17, 15) is 4.79 Å². The molecule has 1 unspecified atom stereocenters. The second kappa shape index (κ2) is 12.0. The van der Waals surface area contributed by atoms with Crippen LogP contribution in [0, 0.1) is 6.92 Å². The van der Waals surface area contributed by atoms with Crippen LogP contribution in [0.5, 0.6) is 5.75 Å². The molecule has 1 aliphatic rings. The minimum Gasteiger partial charge on any atom is -0.489 e. The molecule has 0 fully saturated rings. The first-order valence-electron chi connectivity index (χ1n) is 13.3. The third kappa shape index (κ3) is 5.57. The monoisotopic (exact) mass is 528 g/mol. The van der Waals surface area contributed by atoms with Crippen molar-refractivity contribution >= 4 is 29.1 Å². The number of hydrogen-bond acceptors (Lipinski definition) is 3. The van der Waals surface area contributed by atoms with Gasteiger partial charge in [-0.05, 0) is 66.8 Å². The predicted octanol–water partition coefficient (Wildman–Crippen LogP) is 7.30. The van der Waals surface area contributed by atoms with Gasteiger partial charge in [0.1, 0.15) is 11.9 Å². The van der Waals surface area contributed by atoms with Gasteiger partial charge in [0, 0.05) is 43.2 Å². The van der Waals surface area contributed by atoms with Gasteiger partial charge in [-0.1, -0.05) is 72.8 Å². The summed E-state index contributed by atoms with van der Waals surface area (Å²) in [6.07, 6.45) is 0.878. The fourth-order valence-electron chi connectivity index (χ4n) is 5.42. The minimum absolute atomic E-state index is 0. The first-order chi connectivity index (χ1) is 18.0. The molecule has 0 bridgehead atoms. The van der Waals surface area contributed by atoms with Crippen molar-refractivity contribution in [2.45, 2.75) is 45.3 Å². The fourth-order valence-corrected chi connectivity index (χ4v) is 5.42. The molecule has 0 saturated heterocycles. The van der Waals surface area contributed by atoms with Crippen molar-refractivity contribution in [3.63, 3.8) is 0 Å². The Morgan fingerprint density at radius 1 is 1.03 bits per heavy atom. The highest BCUT2D eigenvalue weighted by molar-refractivity contribution is 5.95. The SMILES string of the molecule is CCN(C)C(=O)c1cc([C@@H]2C[C@H](CNC(C)c3cccc4ccccc34)Oc3ccccc32)ccc1C.Cl. The van der Waals surface area contributed by atoms with E-state index in [1.165, 1.54) is 27.5 Å². The lowest BCUT2D eigenvalue weighted by Crippen LogP contribution is -2.37. The Hall–Kier alpha value is -3.34. The zero-order chi connectivity index (χ0) is 25.9. The summed E-state index contributed by atoms with van der Waals surface area (Å²) in [6.45, 7) is 7.66. The molecule has 4 aromatic carbocycles. The Morgan fingerprint density at radius 3 is 2.58 bits per heavy atom. The largest absolute Gasteiger partial charge is 0.489 e. The molecule has 1 amide bonds. The second-order valence-electron chi connectivity index (χ2n) is 10.2. The van der Waals surface area contributed by atoms with E-state index >= 15 is 0 Å². The number of benzene rings is 4. The highest BCUT2D eigenvalue weighted by Crippen LogP contribution is 2.41. The maximum Gasteiger partial charge on any atom is 0.253 e.